The molecule has 1 aromatic heterocycles. The summed E-state index contributed by atoms with van der Waals surface area (Å²) in [5.74, 6) is 0. The van der Waals surface area contributed by atoms with Gasteiger partial charge < -0.3 is 5.21 Å². The van der Waals surface area contributed by atoms with Gasteiger partial charge in [0, 0.05) is 5.56 Å². The van der Waals surface area contributed by atoms with Gasteiger partial charge in [-0.05, 0) is 19.1 Å². The standard InChI is InChI=1S/C12H10N2O3/c1-9-2-4-10(5-3-9)12-8-11(14(16)17)6-7-13(12)15/h2-8H,1H3. The largest absolute Gasteiger partial charge is 0.618 e. The SMILES string of the molecule is Cc1ccc(-c2cc([N+](=O)[O-])cc[n+]2[O-])cc1. The summed E-state index contributed by atoms with van der Waals surface area (Å²) in [6.07, 6.45) is 1.15. The summed E-state index contributed by atoms with van der Waals surface area (Å²) < 4.78 is 0.623. The molecule has 2 aromatic rings. The fourth-order valence-corrected chi connectivity index (χ4v) is 1.52. The quantitative estimate of drug-likeness (QED) is 0.343. The van der Waals surface area contributed by atoms with E-state index in [2.05, 4.69) is 0 Å². The van der Waals surface area contributed by atoms with E-state index in [-0.39, 0.29) is 11.4 Å². The Labute approximate surface area is 97.7 Å². The Morgan fingerprint density at radius 3 is 2.41 bits per heavy atom. The van der Waals surface area contributed by atoms with Gasteiger partial charge in [-0.2, -0.15) is 4.73 Å². The summed E-state index contributed by atoms with van der Waals surface area (Å²) in [6.45, 7) is 1.93. The lowest BCUT2D eigenvalue weighted by Crippen LogP contribution is -2.28. The number of benzene rings is 1. The number of hydrogen-bond acceptors (Lipinski definition) is 3. The van der Waals surface area contributed by atoms with Crippen molar-refractivity contribution in [3.05, 3.63) is 63.5 Å². The third-order valence-electron chi connectivity index (χ3n) is 2.46. The highest BCUT2D eigenvalue weighted by atomic mass is 16.6. The van der Waals surface area contributed by atoms with Crippen molar-refractivity contribution in [3.8, 4) is 11.3 Å². The van der Waals surface area contributed by atoms with Crippen LogP contribution in [-0.2, 0) is 0 Å². The first-order valence-electron chi connectivity index (χ1n) is 5.02. The zero-order valence-corrected chi connectivity index (χ0v) is 9.16. The van der Waals surface area contributed by atoms with Crippen molar-refractivity contribution in [2.75, 3.05) is 0 Å². The van der Waals surface area contributed by atoms with Crippen molar-refractivity contribution in [1.82, 2.24) is 0 Å². The number of rotatable bonds is 2. The van der Waals surface area contributed by atoms with E-state index in [1.807, 2.05) is 19.1 Å². The number of hydrogen-bond donors (Lipinski definition) is 0. The maximum absolute atomic E-state index is 11.6. The van der Waals surface area contributed by atoms with E-state index in [0.29, 0.717) is 10.3 Å². The van der Waals surface area contributed by atoms with E-state index >= 15 is 0 Å². The van der Waals surface area contributed by atoms with E-state index < -0.39 is 4.92 Å². The molecule has 0 amide bonds. The van der Waals surface area contributed by atoms with E-state index in [1.54, 1.807) is 12.1 Å². The molecule has 0 N–H and O–H groups in total. The molecule has 0 saturated heterocycles. The summed E-state index contributed by atoms with van der Waals surface area (Å²) in [7, 11) is 0. The Balaban J connectivity index is 2.54. The Hall–Kier alpha value is -2.43. The second-order valence-electron chi connectivity index (χ2n) is 3.72. The highest BCUT2D eigenvalue weighted by Gasteiger charge is 2.15. The van der Waals surface area contributed by atoms with Gasteiger partial charge in [-0.3, -0.25) is 10.1 Å². The Bertz CT molecular complexity index is 564. The molecule has 0 saturated carbocycles. The number of aryl methyl sites for hydroxylation is 1. The number of nitrogens with zero attached hydrogens (tertiary/aromatic N) is 2. The number of nitro groups is 1. The molecule has 0 radical (unpaired) electrons. The molecule has 0 bridgehead atoms. The minimum atomic E-state index is -0.516. The van der Waals surface area contributed by atoms with Gasteiger partial charge in [0.05, 0.1) is 17.1 Å². The van der Waals surface area contributed by atoms with Crippen molar-refractivity contribution in [2.45, 2.75) is 6.92 Å². The van der Waals surface area contributed by atoms with Crippen molar-refractivity contribution in [1.29, 1.82) is 0 Å². The summed E-state index contributed by atoms with van der Waals surface area (Å²) >= 11 is 0. The van der Waals surface area contributed by atoms with Crippen LogP contribution >= 0.6 is 0 Å². The van der Waals surface area contributed by atoms with Crippen LogP contribution in [0.3, 0.4) is 0 Å². The first-order valence-corrected chi connectivity index (χ1v) is 5.02. The smallest absolute Gasteiger partial charge is 0.282 e. The van der Waals surface area contributed by atoms with Crippen LogP contribution in [0.1, 0.15) is 5.56 Å². The monoisotopic (exact) mass is 230 g/mol. The van der Waals surface area contributed by atoms with E-state index in [1.165, 1.54) is 12.1 Å². The maximum Gasteiger partial charge on any atom is 0.282 e. The average Bonchev–Trinajstić information content (AvgIpc) is 2.31. The molecular formula is C12H10N2O3. The molecule has 0 unspecified atom stereocenters. The summed E-state index contributed by atoms with van der Waals surface area (Å²) in [5, 5.41) is 22.2. The van der Waals surface area contributed by atoms with Crippen molar-refractivity contribution >= 4 is 5.69 Å². The van der Waals surface area contributed by atoms with Gasteiger partial charge in [-0.25, -0.2) is 0 Å². The predicted octanol–water partition coefficient (Wildman–Crippen LogP) is 2.20. The molecular weight excluding hydrogens is 220 g/mol. The van der Waals surface area contributed by atoms with Gasteiger partial charge in [0.2, 0.25) is 5.69 Å². The van der Waals surface area contributed by atoms with E-state index in [9.17, 15) is 15.3 Å². The van der Waals surface area contributed by atoms with Crippen molar-refractivity contribution < 1.29 is 9.65 Å². The third kappa shape index (κ3) is 2.23. The lowest BCUT2D eigenvalue weighted by atomic mass is 10.1. The molecule has 0 aliphatic carbocycles. The Morgan fingerprint density at radius 2 is 1.82 bits per heavy atom. The first kappa shape index (κ1) is 11.1. The van der Waals surface area contributed by atoms with Crippen LogP contribution < -0.4 is 4.73 Å². The Morgan fingerprint density at radius 1 is 1.18 bits per heavy atom. The molecule has 86 valence electrons. The molecule has 1 heterocycles. The minimum absolute atomic E-state index is 0.0901. The zero-order chi connectivity index (χ0) is 12.4. The molecule has 2 rings (SSSR count). The topological polar surface area (TPSA) is 70.1 Å². The van der Waals surface area contributed by atoms with Gasteiger partial charge in [-0.15, -0.1) is 0 Å². The van der Waals surface area contributed by atoms with E-state index in [4.69, 9.17) is 0 Å². The zero-order valence-electron chi connectivity index (χ0n) is 9.16. The lowest BCUT2D eigenvalue weighted by molar-refractivity contribution is -0.594. The van der Waals surface area contributed by atoms with Crippen LogP contribution in [0.5, 0.6) is 0 Å². The normalized spacial score (nSPS) is 10.2. The van der Waals surface area contributed by atoms with Gasteiger partial charge in [-0.1, -0.05) is 17.7 Å². The number of aromatic nitrogens is 1. The summed E-state index contributed by atoms with van der Waals surface area (Å²) in [4.78, 5) is 10.1. The fraction of sp³-hybridized carbons (Fsp3) is 0.0833. The summed E-state index contributed by atoms with van der Waals surface area (Å²) in [5.41, 5.74) is 1.91. The molecule has 5 heteroatoms. The van der Waals surface area contributed by atoms with Crippen LogP contribution in [0, 0.1) is 22.2 Å². The minimum Gasteiger partial charge on any atom is -0.618 e. The first-order chi connectivity index (χ1) is 8.08. The average molecular weight is 230 g/mol. The van der Waals surface area contributed by atoms with Gasteiger partial charge >= 0.3 is 0 Å². The molecule has 0 atom stereocenters. The molecule has 0 fully saturated rings. The second-order valence-corrected chi connectivity index (χ2v) is 3.72. The summed E-state index contributed by atoms with van der Waals surface area (Å²) in [6, 6.07) is 9.70. The second kappa shape index (κ2) is 4.21. The fourth-order valence-electron chi connectivity index (χ4n) is 1.52. The maximum atomic E-state index is 11.6. The van der Waals surface area contributed by atoms with Crippen LogP contribution in [-0.4, -0.2) is 4.92 Å². The molecule has 0 aliphatic heterocycles. The van der Waals surface area contributed by atoms with Gasteiger partial charge in [0.15, 0.2) is 6.20 Å². The third-order valence-corrected chi connectivity index (χ3v) is 2.46. The predicted molar refractivity (Wildman–Crippen MR) is 62.2 cm³/mol. The van der Waals surface area contributed by atoms with Crippen molar-refractivity contribution in [2.24, 2.45) is 0 Å². The van der Waals surface area contributed by atoms with Crippen LogP contribution in [0.15, 0.2) is 42.6 Å². The molecule has 17 heavy (non-hydrogen) atoms. The van der Waals surface area contributed by atoms with E-state index in [0.717, 1.165) is 11.8 Å². The van der Waals surface area contributed by atoms with Crippen molar-refractivity contribution in [3.63, 3.8) is 0 Å². The molecule has 1 aromatic carbocycles. The van der Waals surface area contributed by atoms with Gasteiger partial charge in [0.1, 0.15) is 0 Å². The highest BCUT2D eigenvalue weighted by Crippen LogP contribution is 2.20. The highest BCUT2D eigenvalue weighted by molar-refractivity contribution is 5.59. The van der Waals surface area contributed by atoms with Crippen LogP contribution in [0.25, 0.3) is 11.3 Å². The molecule has 5 nitrogen and oxygen atoms in total. The lowest BCUT2D eigenvalue weighted by Gasteiger charge is -2.04. The van der Waals surface area contributed by atoms with Crippen LogP contribution in [0.2, 0.25) is 0 Å². The molecule has 0 aliphatic rings. The molecule has 0 spiro atoms. The number of pyridine rings is 1. The van der Waals surface area contributed by atoms with Gasteiger partial charge in [0.25, 0.3) is 5.69 Å². The van der Waals surface area contributed by atoms with Crippen LogP contribution in [0.4, 0.5) is 5.69 Å². The Kier molecular flexibility index (Phi) is 2.74.